The van der Waals surface area contributed by atoms with E-state index in [4.69, 9.17) is 11.6 Å². The quantitative estimate of drug-likeness (QED) is 0.795. The van der Waals surface area contributed by atoms with Crippen molar-refractivity contribution < 1.29 is 0 Å². The Labute approximate surface area is 90.3 Å². The molecular formula is C11H17ClN2. The van der Waals surface area contributed by atoms with E-state index >= 15 is 0 Å². The maximum atomic E-state index is 6.23. The van der Waals surface area contributed by atoms with Crippen LogP contribution in [0.3, 0.4) is 0 Å². The van der Waals surface area contributed by atoms with Crippen LogP contribution < -0.4 is 5.32 Å². The van der Waals surface area contributed by atoms with E-state index in [9.17, 15) is 0 Å². The van der Waals surface area contributed by atoms with Gasteiger partial charge in [-0.25, -0.2) is 0 Å². The Bertz CT molecular complexity index is 343. The molecule has 0 aromatic carbocycles. The van der Waals surface area contributed by atoms with Crippen LogP contribution in [0, 0.1) is 5.92 Å². The second kappa shape index (κ2) is 3.59. The minimum atomic E-state index is 0.633. The van der Waals surface area contributed by atoms with Gasteiger partial charge in [-0.3, -0.25) is 0 Å². The van der Waals surface area contributed by atoms with Crippen molar-refractivity contribution in [2.75, 3.05) is 13.6 Å². The minimum absolute atomic E-state index is 0.633. The van der Waals surface area contributed by atoms with Gasteiger partial charge < -0.3 is 9.88 Å². The summed E-state index contributed by atoms with van der Waals surface area (Å²) in [5.41, 5.74) is 2.81. The van der Waals surface area contributed by atoms with Crippen LogP contribution in [-0.2, 0) is 13.5 Å². The van der Waals surface area contributed by atoms with Gasteiger partial charge in [0.25, 0.3) is 0 Å². The molecule has 1 aromatic heterocycles. The lowest BCUT2D eigenvalue weighted by atomic mass is 9.95. The van der Waals surface area contributed by atoms with Gasteiger partial charge in [0.05, 0.1) is 0 Å². The van der Waals surface area contributed by atoms with Gasteiger partial charge in [0, 0.05) is 25.7 Å². The Kier molecular flexibility index (Phi) is 2.58. The molecule has 0 aliphatic heterocycles. The number of aromatic nitrogens is 1. The molecule has 1 heterocycles. The first-order valence-corrected chi connectivity index (χ1v) is 5.51. The number of fused-ring (bicyclic) bond motifs is 1. The zero-order chi connectivity index (χ0) is 10.3. The van der Waals surface area contributed by atoms with Gasteiger partial charge in [-0.15, -0.1) is 0 Å². The number of aryl methyl sites for hydroxylation is 1. The molecule has 1 aliphatic rings. The Balaban J connectivity index is 2.36. The lowest BCUT2D eigenvalue weighted by molar-refractivity contribution is 0.476. The van der Waals surface area contributed by atoms with E-state index in [1.165, 1.54) is 11.1 Å². The molecule has 2 rings (SSSR count). The van der Waals surface area contributed by atoms with Crippen LogP contribution in [0.4, 0.5) is 0 Å². The summed E-state index contributed by atoms with van der Waals surface area (Å²) in [4.78, 5) is 0. The summed E-state index contributed by atoms with van der Waals surface area (Å²) in [6.45, 7) is 3.35. The van der Waals surface area contributed by atoms with Gasteiger partial charge in [0.1, 0.15) is 5.15 Å². The standard InChI is InChI=1S/C11H17ClN2/c1-7-4-8-10(9(7)5-13-2)6-14(3)11(8)12/h6-7,9,13H,4-5H2,1-3H3. The average molecular weight is 213 g/mol. The Morgan fingerprint density at radius 2 is 2.36 bits per heavy atom. The number of halogens is 1. The van der Waals surface area contributed by atoms with Crippen LogP contribution in [0.15, 0.2) is 6.20 Å². The second-order valence-electron chi connectivity index (χ2n) is 4.31. The van der Waals surface area contributed by atoms with Crippen LogP contribution in [0.2, 0.25) is 5.15 Å². The third-order valence-electron chi connectivity index (χ3n) is 3.28. The summed E-state index contributed by atoms with van der Waals surface area (Å²) in [6, 6.07) is 0. The molecule has 2 atom stereocenters. The molecule has 0 saturated carbocycles. The van der Waals surface area contributed by atoms with Gasteiger partial charge in [0.2, 0.25) is 0 Å². The molecule has 0 radical (unpaired) electrons. The molecule has 1 aliphatic carbocycles. The third-order valence-corrected chi connectivity index (χ3v) is 3.77. The summed E-state index contributed by atoms with van der Waals surface area (Å²) in [7, 11) is 4.02. The van der Waals surface area contributed by atoms with Gasteiger partial charge in [-0.2, -0.15) is 0 Å². The van der Waals surface area contributed by atoms with E-state index in [1.807, 2.05) is 18.7 Å². The number of likely N-dealkylation sites (N-methyl/N-ethyl adjacent to an activating group) is 1. The predicted molar refractivity (Wildman–Crippen MR) is 60.0 cm³/mol. The summed E-state index contributed by atoms with van der Waals surface area (Å²) in [5.74, 6) is 1.35. The van der Waals surface area contributed by atoms with Crippen molar-refractivity contribution in [2.24, 2.45) is 13.0 Å². The van der Waals surface area contributed by atoms with E-state index in [1.54, 1.807) is 0 Å². The Hall–Kier alpha value is -0.470. The fourth-order valence-electron chi connectivity index (χ4n) is 2.50. The summed E-state index contributed by atoms with van der Waals surface area (Å²) < 4.78 is 2.03. The first-order chi connectivity index (χ1) is 6.65. The van der Waals surface area contributed by atoms with Gasteiger partial charge in [-0.05, 0) is 30.5 Å². The van der Waals surface area contributed by atoms with E-state index < -0.39 is 0 Å². The summed E-state index contributed by atoms with van der Waals surface area (Å²) in [5, 5.41) is 4.18. The zero-order valence-corrected chi connectivity index (χ0v) is 9.73. The first kappa shape index (κ1) is 10.1. The second-order valence-corrected chi connectivity index (χ2v) is 4.67. The van der Waals surface area contributed by atoms with Gasteiger partial charge >= 0.3 is 0 Å². The van der Waals surface area contributed by atoms with Crippen LogP contribution in [-0.4, -0.2) is 18.2 Å². The van der Waals surface area contributed by atoms with Crippen LogP contribution in [0.25, 0.3) is 0 Å². The number of hydrogen-bond acceptors (Lipinski definition) is 1. The monoisotopic (exact) mass is 212 g/mol. The van der Waals surface area contributed by atoms with E-state index in [2.05, 4.69) is 18.4 Å². The maximum Gasteiger partial charge on any atom is 0.112 e. The van der Waals surface area contributed by atoms with Crippen LogP contribution in [0.5, 0.6) is 0 Å². The fraction of sp³-hybridized carbons (Fsp3) is 0.636. The van der Waals surface area contributed by atoms with Crippen molar-refractivity contribution >= 4 is 11.6 Å². The lowest BCUT2D eigenvalue weighted by Gasteiger charge is -2.15. The highest BCUT2D eigenvalue weighted by Gasteiger charge is 2.32. The minimum Gasteiger partial charge on any atom is -0.341 e. The van der Waals surface area contributed by atoms with Crippen molar-refractivity contribution in [3.05, 3.63) is 22.5 Å². The molecule has 78 valence electrons. The molecule has 3 heteroatoms. The highest BCUT2D eigenvalue weighted by molar-refractivity contribution is 6.30. The topological polar surface area (TPSA) is 17.0 Å². The van der Waals surface area contributed by atoms with Crippen molar-refractivity contribution in [3.63, 3.8) is 0 Å². The van der Waals surface area contributed by atoms with Crippen molar-refractivity contribution in [2.45, 2.75) is 19.3 Å². The molecule has 0 fully saturated rings. The van der Waals surface area contributed by atoms with Crippen molar-refractivity contribution in [1.29, 1.82) is 0 Å². The number of rotatable bonds is 2. The molecule has 0 bridgehead atoms. The number of nitrogens with one attached hydrogen (secondary N) is 1. The highest BCUT2D eigenvalue weighted by atomic mass is 35.5. The number of nitrogens with zero attached hydrogens (tertiary/aromatic N) is 1. The Morgan fingerprint density at radius 1 is 1.64 bits per heavy atom. The zero-order valence-electron chi connectivity index (χ0n) is 8.97. The first-order valence-electron chi connectivity index (χ1n) is 5.13. The highest BCUT2D eigenvalue weighted by Crippen LogP contribution is 2.41. The summed E-state index contributed by atoms with van der Waals surface area (Å²) in [6.07, 6.45) is 3.31. The van der Waals surface area contributed by atoms with E-state index in [-0.39, 0.29) is 0 Å². The SMILES string of the molecule is CNCC1c2cn(C)c(Cl)c2CC1C. The third kappa shape index (κ3) is 1.37. The van der Waals surface area contributed by atoms with E-state index in [0.29, 0.717) is 11.8 Å². The van der Waals surface area contributed by atoms with Crippen molar-refractivity contribution in [1.82, 2.24) is 9.88 Å². The predicted octanol–water partition coefficient (Wildman–Crippen LogP) is 2.17. The maximum absolute atomic E-state index is 6.23. The Morgan fingerprint density at radius 3 is 3.00 bits per heavy atom. The molecule has 0 amide bonds. The molecular weight excluding hydrogens is 196 g/mol. The molecule has 2 unspecified atom stereocenters. The summed E-state index contributed by atoms with van der Waals surface area (Å²) >= 11 is 6.23. The van der Waals surface area contributed by atoms with Crippen LogP contribution in [0.1, 0.15) is 24.0 Å². The molecule has 0 saturated heterocycles. The van der Waals surface area contributed by atoms with Gasteiger partial charge in [-0.1, -0.05) is 18.5 Å². The van der Waals surface area contributed by atoms with Crippen LogP contribution >= 0.6 is 11.6 Å². The fourth-order valence-corrected chi connectivity index (χ4v) is 2.73. The number of hydrogen-bond donors (Lipinski definition) is 1. The lowest BCUT2D eigenvalue weighted by Crippen LogP contribution is -2.19. The average Bonchev–Trinajstić information content (AvgIpc) is 2.57. The normalized spacial score (nSPS) is 25.4. The van der Waals surface area contributed by atoms with Gasteiger partial charge in [0.15, 0.2) is 0 Å². The van der Waals surface area contributed by atoms with E-state index in [0.717, 1.165) is 18.1 Å². The smallest absolute Gasteiger partial charge is 0.112 e. The molecule has 2 nitrogen and oxygen atoms in total. The molecule has 1 aromatic rings. The van der Waals surface area contributed by atoms with Crippen molar-refractivity contribution in [3.8, 4) is 0 Å². The largest absolute Gasteiger partial charge is 0.341 e. The molecule has 14 heavy (non-hydrogen) atoms. The molecule has 1 N–H and O–H groups in total. The molecule has 0 spiro atoms.